The van der Waals surface area contributed by atoms with Crippen LogP contribution in [0.15, 0.2) is 0 Å². The van der Waals surface area contributed by atoms with Crippen molar-refractivity contribution in [2.75, 3.05) is 0 Å². The molecule has 0 saturated carbocycles. The lowest BCUT2D eigenvalue weighted by Gasteiger charge is -2.35. The Kier molecular flexibility index (Phi) is 6.72. The average molecular weight is 279 g/mol. The minimum absolute atomic E-state index is 0.753. The van der Waals surface area contributed by atoms with Gasteiger partial charge >= 0.3 is 8.56 Å². The van der Waals surface area contributed by atoms with Crippen LogP contribution in [0.25, 0.3) is 0 Å². The Bertz CT molecular complexity index is 205. The first-order valence-corrected chi connectivity index (χ1v) is 14.8. The van der Waals surface area contributed by atoms with E-state index in [1.54, 1.807) is 0 Å². The third kappa shape index (κ3) is 7.78. The summed E-state index contributed by atoms with van der Waals surface area (Å²) in [6.07, 6.45) is 0. The van der Waals surface area contributed by atoms with Gasteiger partial charge in [0.1, 0.15) is 0 Å². The fourth-order valence-corrected chi connectivity index (χ4v) is 14.1. The highest BCUT2D eigenvalue weighted by Crippen LogP contribution is 2.21. The summed E-state index contributed by atoms with van der Waals surface area (Å²) >= 11 is 0. The molecule has 1 atom stereocenters. The topological polar surface area (TPSA) is 18.5 Å². The van der Waals surface area contributed by atoms with Crippen molar-refractivity contribution in [3.05, 3.63) is 0 Å². The minimum Gasteiger partial charge on any atom is -0.439 e. The molecule has 0 aromatic rings. The molecule has 0 aliphatic heterocycles. The summed E-state index contributed by atoms with van der Waals surface area (Å²) in [6, 6.07) is 2.43. The van der Waals surface area contributed by atoms with Gasteiger partial charge in [0.05, 0.1) is 0 Å². The van der Waals surface area contributed by atoms with Gasteiger partial charge in [0.25, 0.3) is 0 Å². The molecule has 1 unspecified atom stereocenters. The summed E-state index contributed by atoms with van der Waals surface area (Å²) in [5, 5.41) is 0. The zero-order chi connectivity index (χ0) is 13.0. The largest absolute Gasteiger partial charge is 0.439 e. The van der Waals surface area contributed by atoms with Crippen LogP contribution in [0.4, 0.5) is 0 Å². The van der Waals surface area contributed by atoms with Crippen LogP contribution < -0.4 is 0 Å². The van der Waals surface area contributed by atoms with Gasteiger partial charge in [-0.05, 0) is 50.7 Å². The van der Waals surface area contributed by atoms with E-state index in [-0.39, 0.29) is 0 Å². The van der Waals surface area contributed by atoms with Crippen molar-refractivity contribution >= 4 is 25.9 Å². The van der Waals surface area contributed by atoms with Crippen molar-refractivity contribution < 1.29 is 8.23 Å². The summed E-state index contributed by atoms with van der Waals surface area (Å²) in [7, 11) is -4.35. The molecule has 0 aromatic carbocycles. The highest BCUT2D eigenvalue weighted by molar-refractivity contribution is 6.84. The second-order valence-corrected chi connectivity index (χ2v) is 17.1. The summed E-state index contributed by atoms with van der Waals surface area (Å²) in [4.78, 5) is 0. The van der Waals surface area contributed by atoms with Crippen molar-refractivity contribution in [2.24, 2.45) is 5.92 Å². The first-order chi connectivity index (χ1) is 7.08. The monoisotopic (exact) mass is 278 g/mol. The maximum Gasteiger partial charge on any atom is 0.310 e. The van der Waals surface area contributed by atoms with Crippen LogP contribution in [-0.2, 0) is 8.23 Å². The van der Waals surface area contributed by atoms with Crippen LogP contribution in [0.1, 0.15) is 20.8 Å². The third-order valence-corrected chi connectivity index (χ3v) is 14.0. The van der Waals surface area contributed by atoms with Crippen molar-refractivity contribution in [1.29, 1.82) is 0 Å². The van der Waals surface area contributed by atoms with Gasteiger partial charge in [-0.15, -0.1) is 0 Å². The van der Waals surface area contributed by atoms with Gasteiger partial charge in [-0.1, -0.05) is 20.8 Å². The number of hydrogen-bond donors (Lipinski definition) is 0. The van der Waals surface area contributed by atoms with E-state index >= 15 is 0 Å². The molecular formula is C11H30O2Si3. The van der Waals surface area contributed by atoms with Gasteiger partial charge in [-0.25, -0.2) is 0 Å². The first-order valence-electron chi connectivity index (χ1n) is 6.46. The summed E-state index contributed by atoms with van der Waals surface area (Å²) in [5.74, 6) is 0.753. The van der Waals surface area contributed by atoms with Crippen LogP contribution in [0, 0.1) is 5.92 Å². The van der Waals surface area contributed by atoms with Gasteiger partial charge in [-0.2, -0.15) is 0 Å². The van der Waals surface area contributed by atoms with E-state index in [1.807, 2.05) is 0 Å². The molecule has 0 aliphatic rings. The fraction of sp³-hybridized carbons (Fsp3) is 1.00. The molecule has 0 radical (unpaired) electrons. The molecule has 0 N–H and O–H groups in total. The zero-order valence-electron chi connectivity index (χ0n) is 12.4. The standard InChI is InChI=1S/C11H30O2Si3/c1-9-15(5,6)13-16(7,8)12-14(4)10-11(2)3/h11,14H,9-10H2,1-8H3. The summed E-state index contributed by atoms with van der Waals surface area (Å²) < 4.78 is 12.6. The van der Waals surface area contributed by atoms with Crippen LogP contribution >= 0.6 is 0 Å². The Labute approximate surface area is 106 Å². The highest BCUT2D eigenvalue weighted by Gasteiger charge is 2.34. The third-order valence-electron chi connectivity index (χ3n) is 2.66. The Balaban J connectivity index is 4.23. The van der Waals surface area contributed by atoms with Gasteiger partial charge in [-0.3, -0.25) is 0 Å². The highest BCUT2D eigenvalue weighted by atomic mass is 28.5. The Morgan fingerprint density at radius 3 is 2.00 bits per heavy atom. The van der Waals surface area contributed by atoms with Crippen molar-refractivity contribution in [3.8, 4) is 0 Å². The van der Waals surface area contributed by atoms with Crippen molar-refractivity contribution in [1.82, 2.24) is 0 Å². The first kappa shape index (κ1) is 16.6. The van der Waals surface area contributed by atoms with E-state index in [1.165, 1.54) is 12.1 Å². The second kappa shape index (κ2) is 6.49. The molecule has 0 fully saturated rings. The van der Waals surface area contributed by atoms with E-state index in [9.17, 15) is 0 Å². The molecule has 0 spiro atoms. The minimum atomic E-state index is -1.87. The Hall–Kier alpha value is 0.571. The maximum absolute atomic E-state index is 6.32. The van der Waals surface area contributed by atoms with Gasteiger partial charge in [0.2, 0.25) is 0 Å². The lowest BCUT2D eigenvalue weighted by atomic mass is 10.3. The predicted molar refractivity (Wildman–Crippen MR) is 80.3 cm³/mol. The zero-order valence-corrected chi connectivity index (χ0v) is 15.5. The predicted octanol–water partition coefficient (Wildman–Crippen LogP) is 3.96. The average Bonchev–Trinajstić information content (AvgIpc) is 1.98. The molecule has 0 saturated heterocycles. The smallest absolute Gasteiger partial charge is 0.310 e. The van der Waals surface area contributed by atoms with Crippen LogP contribution in [0.5, 0.6) is 0 Å². The van der Waals surface area contributed by atoms with Crippen molar-refractivity contribution in [3.63, 3.8) is 0 Å². The quantitative estimate of drug-likeness (QED) is 0.656. The lowest BCUT2D eigenvalue weighted by molar-refractivity contribution is 0.396. The van der Waals surface area contributed by atoms with E-state index in [0.717, 1.165) is 5.92 Å². The summed E-state index contributed by atoms with van der Waals surface area (Å²) in [5.41, 5.74) is 0. The van der Waals surface area contributed by atoms with E-state index in [2.05, 4.69) is 53.5 Å². The number of hydrogen-bond acceptors (Lipinski definition) is 2. The van der Waals surface area contributed by atoms with E-state index < -0.39 is 25.9 Å². The molecule has 0 aromatic heterocycles. The van der Waals surface area contributed by atoms with Crippen molar-refractivity contribution in [2.45, 2.75) is 65.6 Å². The van der Waals surface area contributed by atoms with Gasteiger partial charge < -0.3 is 8.23 Å². The molecule has 0 heterocycles. The molecule has 2 nitrogen and oxygen atoms in total. The molecule has 0 amide bonds. The molecule has 0 aliphatic carbocycles. The normalized spacial score (nSPS) is 15.6. The van der Waals surface area contributed by atoms with Crippen LogP contribution in [0.3, 0.4) is 0 Å². The number of rotatable bonds is 7. The molecule has 0 rings (SSSR count). The van der Waals surface area contributed by atoms with Gasteiger partial charge in [0.15, 0.2) is 17.4 Å². The van der Waals surface area contributed by atoms with Gasteiger partial charge in [0, 0.05) is 0 Å². The molecule has 5 heteroatoms. The molecule has 0 bridgehead atoms. The van der Waals surface area contributed by atoms with E-state index in [0.29, 0.717) is 0 Å². The van der Waals surface area contributed by atoms with Crippen LogP contribution in [-0.4, -0.2) is 25.9 Å². The molecule has 98 valence electrons. The molecule has 16 heavy (non-hydrogen) atoms. The second-order valence-electron chi connectivity index (χ2n) is 6.17. The fourth-order valence-electron chi connectivity index (χ4n) is 1.96. The molecular weight excluding hydrogens is 248 g/mol. The lowest BCUT2D eigenvalue weighted by Crippen LogP contribution is -2.48. The Morgan fingerprint density at radius 1 is 1.12 bits per heavy atom. The summed E-state index contributed by atoms with van der Waals surface area (Å²) in [6.45, 7) is 18.1. The maximum atomic E-state index is 6.32. The van der Waals surface area contributed by atoms with Crippen LogP contribution in [0.2, 0.25) is 44.8 Å². The Morgan fingerprint density at radius 2 is 1.62 bits per heavy atom. The SMILES string of the molecule is CC[Si](C)(C)O[Si](C)(C)O[SiH](C)CC(C)C. The van der Waals surface area contributed by atoms with E-state index in [4.69, 9.17) is 8.23 Å².